The van der Waals surface area contributed by atoms with E-state index in [1.807, 2.05) is 36.4 Å². The first-order chi connectivity index (χ1) is 21.8. The van der Waals surface area contributed by atoms with E-state index in [0.717, 1.165) is 73.3 Å². The summed E-state index contributed by atoms with van der Waals surface area (Å²) in [6.07, 6.45) is 0. The van der Waals surface area contributed by atoms with Crippen molar-refractivity contribution in [2.24, 2.45) is 0 Å². The van der Waals surface area contributed by atoms with E-state index in [9.17, 15) is 0 Å². The van der Waals surface area contributed by atoms with Crippen molar-refractivity contribution < 1.29 is 14.2 Å². The van der Waals surface area contributed by atoms with Crippen LogP contribution in [0.2, 0.25) is 0 Å². The molecule has 0 aliphatic carbocycles. The van der Waals surface area contributed by atoms with E-state index < -0.39 is 0 Å². The molecule has 5 heterocycles. The van der Waals surface area contributed by atoms with E-state index in [1.54, 1.807) is 0 Å². The van der Waals surface area contributed by atoms with E-state index >= 15 is 0 Å². The van der Waals surface area contributed by atoms with Gasteiger partial charge in [-0.1, -0.05) is 66.7 Å². The standard InChI is InChI=1S/C38H21BN2O3/c1-2-10-22(11-3-1)40-26-14-6-4-12-24(26)38-37(40)25-13-5-7-15-27(25)41(38)23-20-32-36-33(21-23)44-31-19-9-17-29-35(31)39(36)34-28(42-29)16-8-18-30(34)43-32/h1-21H. The topological polar surface area (TPSA) is 37.5 Å². The maximum atomic E-state index is 6.70. The Morgan fingerprint density at radius 2 is 0.818 bits per heavy atom. The van der Waals surface area contributed by atoms with Gasteiger partial charge in [0.2, 0.25) is 0 Å². The highest BCUT2D eigenvalue weighted by molar-refractivity contribution is 6.99. The number of benzene rings is 6. The second kappa shape index (κ2) is 7.94. The molecule has 204 valence electrons. The van der Waals surface area contributed by atoms with Gasteiger partial charge in [0.25, 0.3) is 6.71 Å². The van der Waals surface area contributed by atoms with Crippen molar-refractivity contribution in [3.8, 4) is 45.9 Å². The average Bonchev–Trinajstić information content (AvgIpc) is 3.58. The summed E-state index contributed by atoms with van der Waals surface area (Å²) in [6, 6.07) is 44.4. The zero-order valence-electron chi connectivity index (χ0n) is 23.3. The van der Waals surface area contributed by atoms with Crippen molar-refractivity contribution in [3.63, 3.8) is 0 Å². The van der Waals surface area contributed by atoms with E-state index in [0.29, 0.717) is 0 Å². The van der Waals surface area contributed by atoms with Gasteiger partial charge in [-0.2, -0.15) is 0 Å². The largest absolute Gasteiger partial charge is 0.458 e. The predicted molar refractivity (Wildman–Crippen MR) is 175 cm³/mol. The minimum atomic E-state index is -0.0101. The Hall–Kier alpha value is -5.88. The monoisotopic (exact) mass is 564 g/mol. The molecule has 11 rings (SSSR count). The molecule has 2 aromatic heterocycles. The number of aromatic nitrogens is 2. The molecule has 44 heavy (non-hydrogen) atoms. The van der Waals surface area contributed by atoms with Gasteiger partial charge < -0.3 is 23.3 Å². The fourth-order valence-electron chi connectivity index (χ4n) is 7.73. The lowest BCUT2D eigenvalue weighted by Gasteiger charge is -2.37. The summed E-state index contributed by atoms with van der Waals surface area (Å²) >= 11 is 0. The molecule has 0 saturated carbocycles. The average molecular weight is 564 g/mol. The Kier molecular flexibility index (Phi) is 4.09. The lowest BCUT2D eigenvalue weighted by molar-refractivity contribution is 0.442. The molecule has 0 bridgehead atoms. The highest BCUT2D eigenvalue weighted by Gasteiger charge is 2.46. The molecular weight excluding hydrogens is 543 g/mol. The van der Waals surface area contributed by atoms with Crippen LogP contribution in [0.4, 0.5) is 0 Å². The van der Waals surface area contributed by atoms with Gasteiger partial charge in [0, 0.05) is 45.0 Å². The summed E-state index contributed by atoms with van der Waals surface area (Å²) in [6.45, 7) is -0.0101. The van der Waals surface area contributed by atoms with Crippen molar-refractivity contribution in [1.29, 1.82) is 0 Å². The Balaban J connectivity index is 1.25. The van der Waals surface area contributed by atoms with Gasteiger partial charge in [-0.15, -0.1) is 0 Å². The van der Waals surface area contributed by atoms with Crippen LogP contribution in [0.1, 0.15) is 0 Å². The van der Waals surface area contributed by atoms with Gasteiger partial charge in [0.1, 0.15) is 34.5 Å². The van der Waals surface area contributed by atoms with Gasteiger partial charge >= 0.3 is 0 Å². The molecule has 0 radical (unpaired) electrons. The normalized spacial score (nSPS) is 13.5. The summed E-state index contributed by atoms with van der Waals surface area (Å²) in [5.41, 5.74) is 9.94. The Morgan fingerprint density at radius 3 is 1.36 bits per heavy atom. The second-order valence-electron chi connectivity index (χ2n) is 11.7. The van der Waals surface area contributed by atoms with E-state index in [1.165, 1.54) is 21.8 Å². The first kappa shape index (κ1) is 22.7. The molecule has 0 spiro atoms. The molecule has 0 N–H and O–H groups in total. The van der Waals surface area contributed by atoms with Crippen LogP contribution >= 0.6 is 0 Å². The predicted octanol–water partition coefficient (Wildman–Crippen LogP) is 7.56. The number of para-hydroxylation sites is 3. The first-order valence-corrected chi connectivity index (χ1v) is 14.9. The summed E-state index contributed by atoms with van der Waals surface area (Å²) in [7, 11) is 0. The van der Waals surface area contributed by atoms with Crippen LogP contribution in [0.25, 0.3) is 44.2 Å². The quantitative estimate of drug-likeness (QED) is 0.204. The number of rotatable bonds is 2. The number of ether oxygens (including phenoxy) is 3. The first-order valence-electron chi connectivity index (χ1n) is 14.9. The zero-order valence-corrected chi connectivity index (χ0v) is 23.3. The fourth-order valence-corrected chi connectivity index (χ4v) is 7.73. The Labute approximate surface area is 252 Å². The summed E-state index contributed by atoms with van der Waals surface area (Å²) < 4.78 is 24.5. The summed E-state index contributed by atoms with van der Waals surface area (Å²) in [5, 5.41) is 2.37. The molecule has 5 nitrogen and oxygen atoms in total. The number of nitrogens with zero attached hydrogens (tertiary/aromatic N) is 2. The molecule has 8 aromatic rings. The Bertz CT molecular complexity index is 2460. The van der Waals surface area contributed by atoms with Crippen molar-refractivity contribution >= 4 is 55.9 Å². The third-order valence-corrected chi connectivity index (χ3v) is 9.41. The minimum absolute atomic E-state index is 0.0101. The molecule has 6 aromatic carbocycles. The van der Waals surface area contributed by atoms with Gasteiger partial charge in [-0.3, -0.25) is 0 Å². The molecule has 3 aliphatic rings. The number of hydrogen-bond donors (Lipinski definition) is 0. The summed E-state index contributed by atoms with van der Waals surface area (Å²) in [4.78, 5) is 0. The van der Waals surface area contributed by atoms with Crippen molar-refractivity contribution in [3.05, 3.63) is 127 Å². The lowest BCUT2D eigenvalue weighted by Crippen LogP contribution is -2.59. The highest BCUT2D eigenvalue weighted by Crippen LogP contribution is 2.45. The van der Waals surface area contributed by atoms with E-state index in [4.69, 9.17) is 14.2 Å². The smallest absolute Gasteiger partial charge is 0.270 e. The van der Waals surface area contributed by atoms with Crippen molar-refractivity contribution in [2.45, 2.75) is 0 Å². The van der Waals surface area contributed by atoms with Crippen molar-refractivity contribution in [2.75, 3.05) is 0 Å². The van der Waals surface area contributed by atoms with Gasteiger partial charge in [-0.25, -0.2) is 0 Å². The molecule has 0 fully saturated rings. The van der Waals surface area contributed by atoms with Crippen LogP contribution in [0.5, 0.6) is 34.5 Å². The third kappa shape index (κ3) is 2.72. The molecule has 3 aliphatic heterocycles. The number of hydrogen-bond acceptors (Lipinski definition) is 3. The van der Waals surface area contributed by atoms with E-state index in [-0.39, 0.29) is 6.71 Å². The molecule has 0 amide bonds. The van der Waals surface area contributed by atoms with Gasteiger partial charge in [-0.05, 0) is 48.5 Å². The van der Waals surface area contributed by atoms with Crippen LogP contribution in [-0.4, -0.2) is 15.8 Å². The Morgan fingerprint density at radius 1 is 0.386 bits per heavy atom. The van der Waals surface area contributed by atoms with Crippen LogP contribution in [0.15, 0.2) is 127 Å². The summed E-state index contributed by atoms with van der Waals surface area (Å²) in [5.74, 6) is 4.96. The van der Waals surface area contributed by atoms with Crippen LogP contribution in [-0.2, 0) is 0 Å². The second-order valence-corrected chi connectivity index (χ2v) is 11.7. The number of fused-ring (bicyclic) bond motifs is 5. The van der Waals surface area contributed by atoms with Crippen molar-refractivity contribution in [1.82, 2.24) is 9.13 Å². The maximum Gasteiger partial charge on any atom is 0.270 e. The third-order valence-electron chi connectivity index (χ3n) is 9.41. The molecule has 0 saturated heterocycles. The van der Waals surface area contributed by atoms with Crippen LogP contribution in [0, 0.1) is 0 Å². The fraction of sp³-hybridized carbons (Fsp3) is 0. The van der Waals surface area contributed by atoms with E-state index in [2.05, 4.69) is 100 Å². The minimum Gasteiger partial charge on any atom is -0.458 e. The maximum absolute atomic E-state index is 6.70. The lowest BCUT2D eigenvalue weighted by atomic mass is 9.34. The van der Waals surface area contributed by atoms with Crippen LogP contribution in [0.3, 0.4) is 0 Å². The highest BCUT2D eigenvalue weighted by atomic mass is 16.5. The molecule has 0 unspecified atom stereocenters. The SMILES string of the molecule is c1ccc(-n2c3ccccc3c3c2c2ccccc2n3-c2cc3c4c(c2)Oc2cccc5c2B4c2c(cccc2O3)O5)cc1. The zero-order chi connectivity index (χ0) is 28.5. The molecule has 0 atom stereocenters. The van der Waals surface area contributed by atoms with Gasteiger partial charge in [0.05, 0.1) is 27.8 Å². The van der Waals surface area contributed by atoms with Crippen LogP contribution < -0.4 is 30.6 Å². The molecule has 6 heteroatoms. The molecular formula is C38H21BN2O3. The van der Waals surface area contributed by atoms with Gasteiger partial charge in [0.15, 0.2) is 0 Å².